The van der Waals surface area contributed by atoms with E-state index in [1.165, 1.54) is 137 Å². The van der Waals surface area contributed by atoms with Gasteiger partial charge in [-0.1, -0.05) is 219 Å². The largest absolute Gasteiger partial charge is 0.334 e. The number of nitrogens with zero attached hydrogens (tertiary/aromatic N) is 3. The van der Waals surface area contributed by atoms with E-state index in [9.17, 15) is 0 Å². The minimum absolute atomic E-state index is 0.0104. The summed E-state index contributed by atoms with van der Waals surface area (Å²) in [6.07, 6.45) is 7.00. The van der Waals surface area contributed by atoms with Crippen LogP contribution >= 0.6 is 0 Å². The van der Waals surface area contributed by atoms with E-state index in [1.807, 2.05) is 0 Å². The van der Waals surface area contributed by atoms with Crippen LogP contribution in [-0.4, -0.2) is 12.3 Å². The zero-order valence-electron chi connectivity index (χ0n) is 57.3. The van der Waals surface area contributed by atoms with Crippen LogP contribution in [0.25, 0.3) is 11.1 Å². The fourth-order valence-corrected chi connectivity index (χ4v) is 17.8. The van der Waals surface area contributed by atoms with Crippen molar-refractivity contribution in [2.24, 2.45) is 10.8 Å². The second-order valence-corrected chi connectivity index (χ2v) is 35.4. The lowest BCUT2D eigenvalue weighted by Gasteiger charge is -2.65. The van der Waals surface area contributed by atoms with E-state index in [-0.39, 0.29) is 66.4 Å². The predicted octanol–water partition coefficient (Wildman–Crippen LogP) is 21.0. The standard InChI is InChI=1S/C82H102BN3/c1-72(2,3)52-29-35-65(57(43-52)51-27-25-24-26-28-51)85-67-48-56(86-66-36-30-53(73(4,5)6)44-62(66)81(22)79(18,19)41-42-80(20,21)82(81,86)23)32-34-63(67)83-64-49-60-61(78(16,17)40-39-77(60,14)15)50-68(64)84(69-45-54(74(7,8)9)46-70(85)71(69)83)55-31-33-58-59(47-55)76(12,13)38-37-75(58,10)11/h24-36,43-50H,37-42H2,1-23H3. The lowest BCUT2D eigenvalue weighted by molar-refractivity contribution is -0.0415. The van der Waals surface area contributed by atoms with Gasteiger partial charge in [0.1, 0.15) is 0 Å². The van der Waals surface area contributed by atoms with Gasteiger partial charge in [-0.2, -0.15) is 0 Å². The van der Waals surface area contributed by atoms with Gasteiger partial charge in [-0.05, 0) is 221 Å². The third kappa shape index (κ3) is 8.30. The maximum Gasteiger partial charge on any atom is 0.252 e. The number of rotatable bonds is 4. The molecule has 1 fully saturated rings. The van der Waals surface area contributed by atoms with Crippen LogP contribution in [-0.2, 0) is 43.3 Å². The van der Waals surface area contributed by atoms with Crippen LogP contribution in [0.3, 0.4) is 0 Å². The van der Waals surface area contributed by atoms with Crippen LogP contribution in [0.15, 0.2) is 127 Å². The molecule has 3 aliphatic carbocycles. The highest BCUT2D eigenvalue weighted by Gasteiger charge is 2.70. The molecule has 4 heteroatoms. The first-order valence-corrected chi connectivity index (χ1v) is 33.2. The van der Waals surface area contributed by atoms with Crippen LogP contribution in [0.2, 0.25) is 0 Å². The van der Waals surface area contributed by atoms with Crippen molar-refractivity contribution >= 4 is 68.6 Å². The Balaban J connectivity index is 1.18. The van der Waals surface area contributed by atoms with Crippen molar-refractivity contribution in [1.29, 1.82) is 0 Å². The van der Waals surface area contributed by atoms with Crippen molar-refractivity contribution in [2.45, 2.75) is 247 Å². The van der Waals surface area contributed by atoms with Crippen LogP contribution in [0.4, 0.5) is 45.5 Å². The summed E-state index contributed by atoms with van der Waals surface area (Å²) in [5.74, 6) is 0. The summed E-state index contributed by atoms with van der Waals surface area (Å²) in [5, 5.41) is 0. The third-order valence-electron chi connectivity index (χ3n) is 24.5. The lowest BCUT2D eigenvalue weighted by Crippen LogP contribution is -2.69. The van der Waals surface area contributed by atoms with E-state index in [0.29, 0.717) is 0 Å². The van der Waals surface area contributed by atoms with E-state index in [1.54, 1.807) is 0 Å². The SMILES string of the molecule is CC(C)(C)c1ccc(N2c3cc(N4c5ccc(C(C)(C)C)cc5C5(C)C(C)(C)CCC(C)(C)C45C)ccc3B3c4cc5c(cc4N(c4ccc6c(c4)C(C)(C)CCC6(C)C)c4cc(C(C)(C)C)cc2c43)C(C)(C)CCC5(C)C)c(-c2ccccc2)c1. The van der Waals surface area contributed by atoms with Crippen LogP contribution in [0.5, 0.6) is 0 Å². The second kappa shape index (κ2) is 18.3. The molecular formula is C82H102BN3. The molecule has 0 radical (unpaired) electrons. The Morgan fingerprint density at radius 3 is 1.44 bits per heavy atom. The van der Waals surface area contributed by atoms with Gasteiger partial charge >= 0.3 is 0 Å². The van der Waals surface area contributed by atoms with Gasteiger partial charge in [0.05, 0.1) is 11.2 Å². The number of hydrogen-bond acceptors (Lipinski definition) is 3. The van der Waals surface area contributed by atoms with E-state index < -0.39 is 0 Å². The summed E-state index contributed by atoms with van der Waals surface area (Å²) < 4.78 is 0. The highest BCUT2D eigenvalue weighted by Crippen LogP contribution is 2.72. The summed E-state index contributed by atoms with van der Waals surface area (Å²) in [7, 11) is 0. The number of benzene rings is 7. The van der Waals surface area contributed by atoms with Gasteiger partial charge in [-0.25, -0.2) is 0 Å². The Morgan fingerprint density at radius 2 is 0.849 bits per heavy atom. The van der Waals surface area contributed by atoms with Crippen LogP contribution in [0, 0.1) is 10.8 Å². The average Bonchev–Trinajstić information content (AvgIpc) is 1.41. The summed E-state index contributed by atoms with van der Waals surface area (Å²) in [4.78, 5) is 8.40. The van der Waals surface area contributed by atoms with Gasteiger partial charge in [0, 0.05) is 50.8 Å². The molecule has 3 heterocycles. The van der Waals surface area contributed by atoms with E-state index in [2.05, 4.69) is 301 Å². The zero-order valence-corrected chi connectivity index (χ0v) is 57.3. The van der Waals surface area contributed by atoms with Gasteiger partial charge in [0.2, 0.25) is 0 Å². The van der Waals surface area contributed by atoms with E-state index in [4.69, 9.17) is 0 Å². The molecular weight excluding hydrogens is 1040 g/mol. The molecule has 2 atom stereocenters. The predicted molar refractivity (Wildman–Crippen MR) is 374 cm³/mol. The summed E-state index contributed by atoms with van der Waals surface area (Å²) in [6, 6.07) is 52.5. The molecule has 0 aromatic heterocycles. The lowest BCUT2D eigenvalue weighted by atomic mass is 9.33. The van der Waals surface area contributed by atoms with Crippen molar-refractivity contribution in [2.75, 3.05) is 14.7 Å². The molecule has 3 nitrogen and oxygen atoms in total. The molecule has 2 unspecified atom stereocenters. The molecule has 13 rings (SSSR count). The monoisotopic (exact) mass is 1140 g/mol. The quantitative estimate of drug-likeness (QED) is 0.163. The molecule has 0 spiro atoms. The Hall–Kier alpha value is -6.00. The Kier molecular flexibility index (Phi) is 12.6. The second-order valence-electron chi connectivity index (χ2n) is 35.4. The molecule has 6 aliphatic rings. The number of hydrogen-bond donors (Lipinski definition) is 0. The molecule has 1 saturated carbocycles. The molecule has 7 aromatic rings. The maximum absolute atomic E-state index is 2.87. The molecule has 0 saturated heterocycles. The van der Waals surface area contributed by atoms with Crippen molar-refractivity contribution in [3.63, 3.8) is 0 Å². The summed E-state index contributed by atoms with van der Waals surface area (Å²) in [5.41, 5.74) is 28.0. The normalized spacial score (nSPS) is 23.3. The Bertz CT molecular complexity index is 3950. The summed E-state index contributed by atoms with van der Waals surface area (Å²) >= 11 is 0. The minimum atomic E-state index is -0.281. The first-order valence-electron chi connectivity index (χ1n) is 33.2. The molecule has 0 bridgehead atoms. The molecule has 7 aromatic carbocycles. The highest BCUT2D eigenvalue weighted by molar-refractivity contribution is 7.00. The van der Waals surface area contributed by atoms with Crippen LogP contribution < -0.4 is 31.1 Å². The van der Waals surface area contributed by atoms with E-state index in [0.717, 1.165) is 19.3 Å². The van der Waals surface area contributed by atoms with E-state index >= 15 is 0 Å². The molecule has 448 valence electrons. The van der Waals surface area contributed by atoms with Crippen molar-refractivity contribution in [1.82, 2.24) is 0 Å². The third-order valence-corrected chi connectivity index (χ3v) is 24.5. The Morgan fingerprint density at radius 1 is 0.349 bits per heavy atom. The van der Waals surface area contributed by atoms with Crippen molar-refractivity contribution < 1.29 is 0 Å². The van der Waals surface area contributed by atoms with Crippen molar-refractivity contribution in [3.05, 3.63) is 172 Å². The smallest absolute Gasteiger partial charge is 0.252 e. The van der Waals surface area contributed by atoms with Crippen molar-refractivity contribution in [3.8, 4) is 11.1 Å². The highest BCUT2D eigenvalue weighted by atomic mass is 15.3. The average molecular weight is 1140 g/mol. The zero-order chi connectivity index (χ0) is 62.0. The van der Waals surface area contributed by atoms with Gasteiger partial charge < -0.3 is 14.7 Å². The van der Waals surface area contributed by atoms with Gasteiger partial charge in [-0.3, -0.25) is 0 Å². The molecule has 86 heavy (non-hydrogen) atoms. The van der Waals surface area contributed by atoms with Gasteiger partial charge in [-0.15, -0.1) is 0 Å². The number of anilines is 8. The van der Waals surface area contributed by atoms with Crippen LogP contribution in [0.1, 0.15) is 242 Å². The first kappa shape index (κ1) is 59.0. The van der Waals surface area contributed by atoms with Gasteiger partial charge in [0.15, 0.2) is 0 Å². The maximum atomic E-state index is 2.87. The minimum Gasteiger partial charge on any atom is -0.334 e. The summed E-state index contributed by atoms with van der Waals surface area (Å²) in [6.45, 7) is 57.1. The number of fused-ring (bicyclic) bond motifs is 9. The first-order chi connectivity index (χ1) is 39.8. The Labute approximate surface area is 520 Å². The molecule has 0 amide bonds. The fraction of sp³-hybridized carbons (Fsp3) is 0.488. The molecule has 0 N–H and O–H groups in total. The fourth-order valence-electron chi connectivity index (χ4n) is 17.8. The topological polar surface area (TPSA) is 9.72 Å². The van der Waals surface area contributed by atoms with Gasteiger partial charge in [0.25, 0.3) is 6.71 Å². The molecule has 3 aliphatic heterocycles.